The van der Waals surface area contributed by atoms with E-state index in [0.717, 1.165) is 21.8 Å². The highest BCUT2D eigenvalue weighted by Gasteiger charge is 2.15. The summed E-state index contributed by atoms with van der Waals surface area (Å²) in [5, 5.41) is 34.6. The van der Waals surface area contributed by atoms with Crippen molar-refractivity contribution in [2.75, 3.05) is 0 Å². The second-order valence-corrected chi connectivity index (χ2v) is 4.20. The zero-order chi connectivity index (χ0) is 13.5. The molecule has 0 spiro atoms. The molecule has 19 heavy (non-hydrogen) atoms. The van der Waals surface area contributed by atoms with Crippen LogP contribution in [0, 0.1) is 0 Å². The molecule has 2 aromatic carbocycles. The molecule has 0 amide bonds. The smallest absolute Gasteiger partial charge is 0.354 e. The van der Waals surface area contributed by atoms with Gasteiger partial charge in [-0.3, -0.25) is 0 Å². The van der Waals surface area contributed by atoms with Crippen LogP contribution in [0.2, 0.25) is 0 Å². The molecule has 4 N–H and O–H groups in total. The van der Waals surface area contributed by atoms with Crippen molar-refractivity contribution in [2.45, 2.75) is 6.10 Å². The topological polar surface area (TPSA) is 101 Å². The van der Waals surface area contributed by atoms with Crippen molar-refractivity contribution in [3.05, 3.63) is 42.5 Å². The maximum Gasteiger partial charge on any atom is 0.405 e. The molecule has 0 radical (unpaired) electrons. The third kappa shape index (κ3) is 2.32. The molecular weight excluding hydrogens is 246 g/mol. The van der Waals surface area contributed by atoms with Crippen LogP contribution in [0.4, 0.5) is 5.69 Å². The summed E-state index contributed by atoms with van der Waals surface area (Å²) in [6.07, 6.45) is -3.14. The van der Waals surface area contributed by atoms with E-state index in [0.29, 0.717) is 5.69 Å². The van der Waals surface area contributed by atoms with Gasteiger partial charge in [0, 0.05) is 21.8 Å². The molecule has 0 saturated heterocycles. The van der Waals surface area contributed by atoms with Crippen molar-refractivity contribution in [1.29, 1.82) is 0 Å². The van der Waals surface area contributed by atoms with E-state index in [1.54, 1.807) is 12.1 Å². The summed E-state index contributed by atoms with van der Waals surface area (Å²) in [7, 11) is 0. The molecule has 3 aromatic rings. The zero-order valence-electron chi connectivity index (χ0n) is 9.78. The predicted octanol–water partition coefficient (Wildman–Crippen LogP) is 1.99. The third-order valence-electron chi connectivity index (χ3n) is 2.79. The SMILES string of the molecule is OC(O)(O)N=Nc1ccc2c(c1)[nH]c1ccccc12. The number of azo groups is 1. The Kier molecular flexibility index (Phi) is 2.56. The molecule has 0 fully saturated rings. The molecule has 0 aliphatic carbocycles. The third-order valence-corrected chi connectivity index (χ3v) is 2.79. The summed E-state index contributed by atoms with van der Waals surface area (Å²) in [6.45, 7) is 0. The lowest BCUT2D eigenvalue weighted by atomic mass is 10.1. The second kappa shape index (κ2) is 4.13. The van der Waals surface area contributed by atoms with E-state index >= 15 is 0 Å². The van der Waals surface area contributed by atoms with E-state index in [4.69, 9.17) is 15.3 Å². The van der Waals surface area contributed by atoms with Gasteiger partial charge in [-0.15, -0.1) is 5.11 Å². The minimum absolute atomic E-state index is 0.403. The molecule has 96 valence electrons. The lowest BCUT2D eigenvalue weighted by molar-refractivity contribution is -0.308. The van der Waals surface area contributed by atoms with Crippen LogP contribution < -0.4 is 0 Å². The van der Waals surface area contributed by atoms with E-state index < -0.39 is 6.10 Å². The maximum absolute atomic E-state index is 8.65. The second-order valence-electron chi connectivity index (χ2n) is 4.20. The molecule has 0 saturated carbocycles. The molecule has 6 nitrogen and oxygen atoms in total. The van der Waals surface area contributed by atoms with Gasteiger partial charge in [0.2, 0.25) is 0 Å². The van der Waals surface area contributed by atoms with Gasteiger partial charge >= 0.3 is 6.10 Å². The van der Waals surface area contributed by atoms with Gasteiger partial charge in [0.1, 0.15) is 0 Å². The largest absolute Gasteiger partial charge is 0.405 e. The fourth-order valence-corrected chi connectivity index (χ4v) is 2.03. The van der Waals surface area contributed by atoms with Crippen molar-refractivity contribution in [1.82, 2.24) is 4.98 Å². The maximum atomic E-state index is 8.65. The Balaban J connectivity index is 2.11. The molecule has 0 unspecified atom stereocenters. The number of fused-ring (bicyclic) bond motifs is 3. The fraction of sp³-hybridized carbons (Fsp3) is 0.0769. The summed E-state index contributed by atoms with van der Waals surface area (Å²) < 4.78 is 0. The van der Waals surface area contributed by atoms with Gasteiger partial charge in [-0.25, -0.2) is 0 Å². The van der Waals surface area contributed by atoms with E-state index in [-0.39, 0.29) is 0 Å². The number of hydrogen-bond donors (Lipinski definition) is 4. The zero-order valence-corrected chi connectivity index (χ0v) is 9.78. The van der Waals surface area contributed by atoms with Gasteiger partial charge < -0.3 is 20.3 Å². The number of para-hydroxylation sites is 1. The van der Waals surface area contributed by atoms with Gasteiger partial charge in [0.25, 0.3) is 0 Å². The number of aromatic nitrogens is 1. The number of nitrogens with zero attached hydrogens (tertiary/aromatic N) is 2. The van der Waals surface area contributed by atoms with Crippen LogP contribution in [-0.4, -0.2) is 26.4 Å². The van der Waals surface area contributed by atoms with E-state index in [1.165, 1.54) is 0 Å². The molecule has 0 aliphatic heterocycles. The van der Waals surface area contributed by atoms with Gasteiger partial charge in [-0.2, -0.15) is 0 Å². The average Bonchev–Trinajstić information content (AvgIpc) is 2.73. The van der Waals surface area contributed by atoms with Crippen LogP contribution in [-0.2, 0) is 0 Å². The monoisotopic (exact) mass is 257 g/mol. The first-order valence-corrected chi connectivity index (χ1v) is 5.63. The normalized spacial score (nSPS) is 12.8. The van der Waals surface area contributed by atoms with E-state index in [2.05, 4.69) is 15.2 Å². The number of hydrogen-bond acceptors (Lipinski definition) is 5. The summed E-state index contributed by atoms with van der Waals surface area (Å²) in [5.74, 6) is 0. The van der Waals surface area contributed by atoms with Gasteiger partial charge in [0.05, 0.1) is 5.69 Å². The van der Waals surface area contributed by atoms with Crippen molar-refractivity contribution in [2.24, 2.45) is 10.2 Å². The summed E-state index contributed by atoms with van der Waals surface area (Å²) in [6, 6.07) is 13.1. The molecule has 1 aromatic heterocycles. The van der Waals surface area contributed by atoms with E-state index in [9.17, 15) is 0 Å². The van der Waals surface area contributed by atoms with Crippen LogP contribution in [0.5, 0.6) is 0 Å². The van der Waals surface area contributed by atoms with Gasteiger partial charge in [-0.1, -0.05) is 23.3 Å². The lowest BCUT2D eigenvalue weighted by Gasteiger charge is -2.04. The van der Waals surface area contributed by atoms with Gasteiger partial charge in [0.15, 0.2) is 0 Å². The quantitative estimate of drug-likeness (QED) is 0.417. The Bertz CT molecular complexity index is 771. The Labute approximate surface area is 107 Å². The Morgan fingerprint density at radius 2 is 1.63 bits per heavy atom. The van der Waals surface area contributed by atoms with Crippen molar-refractivity contribution >= 4 is 27.5 Å². The predicted molar refractivity (Wildman–Crippen MR) is 69.7 cm³/mol. The molecule has 0 bridgehead atoms. The highest BCUT2D eigenvalue weighted by molar-refractivity contribution is 6.07. The summed E-state index contributed by atoms with van der Waals surface area (Å²) in [5.41, 5.74) is 2.27. The number of aliphatic hydroxyl groups is 3. The number of benzene rings is 2. The summed E-state index contributed by atoms with van der Waals surface area (Å²) in [4.78, 5) is 3.23. The molecule has 0 atom stereocenters. The average molecular weight is 257 g/mol. The first-order chi connectivity index (χ1) is 9.03. The fourth-order valence-electron chi connectivity index (χ4n) is 2.03. The molecule has 6 heteroatoms. The molecular formula is C13H11N3O3. The first-order valence-electron chi connectivity index (χ1n) is 5.63. The minimum atomic E-state index is -3.14. The minimum Gasteiger partial charge on any atom is -0.354 e. The van der Waals surface area contributed by atoms with Crippen LogP contribution in [0.1, 0.15) is 0 Å². The molecule has 3 rings (SSSR count). The highest BCUT2D eigenvalue weighted by atomic mass is 16.7. The number of rotatable bonds is 2. The van der Waals surface area contributed by atoms with E-state index in [1.807, 2.05) is 30.3 Å². The van der Waals surface area contributed by atoms with Crippen molar-refractivity contribution in [3.8, 4) is 0 Å². The Morgan fingerprint density at radius 1 is 0.895 bits per heavy atom. The number of H-pyrrole nitrogens is 1. The van der Waals surface area contributed by atoms with Crippen LogP contribution in [0.3, 0.4) is 0 Å². The van der Waals surface area contributed by atoms with Crippen LogP contribution >= 0.6 is 0 Å². The van der Waals surface area contributed by atoms with Crippen molar-refractivity contribution < 1.29 is 15.3 Å². The van der Waals surface area contributed by atoms with Gasteiger partial charge in [-0.05, 0) is 24.3 Å². The molecule has 0 aliphatic rings. The van der Waals surface area contributed by atoms with Crippen molar-refractivity contribution in [3.63, 3.8) is 0 Å². The lowest BCUT2D eigenvalue weighted by Crippen LogP contribution is -2.22. The van der Waals surface area contributed by atoms with Crippen LogP contribution in [0.15, 0.2) is 52.7 Å². The Hall–Kier alpha value is -2.28. The van der Waals surface area contributed by atoms with Crippen LogP contribution in [0.25, 0.3) is 21.8 Å². The Morgan fingerprint density at radius 3 is 2.42 bits per heavy atom. The highest BCUT2D eigenvalue weighted by Crippen LogP contribution is 2.28. The summed E-state index contributed by atoms with van der Waals surface area (Å²) >= 11 is 0. The standard InChI is InChI=1S/C13H11N3O3/c17-13(18,19)16-15-8-5-6-10-9-3-1-2-4-11(9)14-12(10)7-8/h1-7,14,17-19H. The first kappa shape index (κ1) is 11.8. The number of nitrogens with one attached hydrogen (secondary N) is 1. The molecule has 1 heterocycles. The number of aromatic amines is 1.